The Labute approximate surface area is 301 Å². The summed E-state index contributed by atoms with van der Waals surface area (Å²) in [6.45, 7) is 0.799. The number of benzene rings is 7. The van der Waals surface area contributed by atoms with E-state index in [2.05, 4.69) is 186 Å². The van der Waals surface area contributed by atoms with Gasteiger partial charge in [-0.05, 0) is 60.2 Å². The maximum atomic E-state index is 6.82. The molecule has 0 saturated heterocycles. The van der Waals surface area contributed by atoms with Crippen molar-refractivity contribution in [2.24, 2.45) is 0 Å². The molecule has 3 aliphatic heterocycles. The largest absolute Gasteiger partial charge is 0.457 e. The average Bonchev–Trinajstić information content (AvgIpc) is 3.56. The van der Waals surface area contributed by atoms with Crippen molar-refractivity contribution in [1.29, 1.82) is 0 Å². The molecule has 0 bridgehead atoms. The van der Waals surface area contributed by atoms with E-state index in [1.54, 1.807) is 0 Å². The van der Waals surface area contributed by atoms with E-state index in [-0.39, 0.29) is 0 Å². The third-order valence-corrected chi connectivity index (χ3v) is 10.9. The number of hydrogen-bond donors (Lipinski definition) is 1. The number of hydrogen-bond acceptors (Lipinski definition) is 3. The van der Waals surface area contributed by atoms with Gasteiger partial charge in [-0.2, -0.15) is 0 Å². The summed E-state index contributed by atoms with van der Waals surface area (Å²) in [5, 5.41) is 5.98. The van der Waals surface area contributed by atoms with Crippen molar-refractivity contribution in [3.05, 3.63) is 204 Å². The maximum Gasteiger partial charge on any atom is 0.132 e. The van der Waals surface area contributed by atoms with Crippen LogP contribution in [0.15, 0.2) is 176 Å². The van der Waals surface area contributed by atoms with Crippen molar-refractivity contribution < 1.29 is 9.47 Å². The molecule has 11 rings (SSSR count). The maximum absolute atomic E-state index is 6.82. The van der Waals surface area contributed by atoms with E-state index in [0.29, 0.717) is 0 Å². The number of allylic oxidation sites excluding steroid dienone is 2. The number of nitrogens with zero attached hydrogens (tertiary/aromatic N) is 1. The number of rotatable bonds is 3. The number of aromatic nitrogens is 1. The summed E-state index contributed by atoms with van der Waals surface area (Å²) in [5.74, 6) is 3.37. The number of nitrogens with one attached hydrogen (secondary N) is 1. The molecule has 0 radical (unpaired) electrons. The summed E-state index contributed by atoms with van der Waals surface area (Å²) in [7, 11) is 0. The van der Waals surface area contributed by atoms with Crippen LogP contribution in [0, 0.1) is 0 Å². The number of dihydropyridines is 1. The zero-order valence-corrected chi connectivity index (χ0v) is 28.2. The average molecular weight is 669 g/mol. The van der Waals surface area contributed by atoms with Crippen molar-refractivity contribution in [3.8, 4) is 39.8 Å². The topological polar surface area (TPSA) is 35.4 Å². The van der Waals surface area contributed by atoms with Crippen LogP contribution in [0.5, 0.6) is 23.0 Å². The minimum atomic E-state index is -0.697. The van der Waals surface area contributed by atoms with Gasteiger partial charge in [-0.15, -0.1) is 0 Å². The van der Waals surface area contributed by atoms with Crippen molar-refractivity contribution >= 4 is 27.5 Å². The van der Waals surface area contributed by atoms with Gasteiger partial charge in [-0.1, -0.05) is 121 Å². The molecular formula is C48H32N2O2. The van der Waals surface area contributed by atoms with Gasteiger partial charge in [-0.3, -0.25) is 0 Å². The second-order valence-electron chi connectivity index (χ2n) is 13.6. The van der Waals surface area contributed by atoms with Crippen molar-refractivity contribution in [2.45, 2.75) is 5.41 Å². The molecular weight excluding hydrogens is 637 g/mol. The molecule has 246 valence electrons. The second kappa shape index (κ2) is 11.1. The van der Waals surface area contributed by atoms with E-state index in [0.717, 1.165) is 79.9 Å². The van der Waals surface area contributed by atoms with Crippen LogP contribution in [0.1, 0.15) is 27.8 Å². The summed E-state index contributed by atoms with van der Waals surface area (Å²) in [4.78, 5) is 0. The molecule has 3 aliphatic rings. The Bertz CT molecular complexity index is 2800. The van der Waals surface area contributed by atoms with E-state index in [4.69, 9.17) is 9.47 Å². The van der Waals surface area contributed by atoms with E-state index in [1.165, 1.54) is 21.8 Å². The molecule has 7 aromatic carbocycles. The number of para-hydroxylation sites is 5. The summed E-state index contributed by atoms with van der Waals surface area (Å²) in [5.41, 5.74) is 11.6. The van der Waals surface area contributed by atoms with Crippen molar-refractivity contribution in [1.82, 2.24) is 9.88 Å². The third kappa shape index (κ3) is 4.03. The second-order valence-corrected chi connectivity index (χ2v) is 13.6. The van der Waals surface area contributed by atoms with Gasteiger partial charge in [0, 0.05) is 62.1 Å². The van der Waals surface area contributed by atoms with E-state index in [1.807, 2.05) is 0 Å². The van der Waals surface area contributed by atoms with Crippen LogP contribution < -0.4 is 14.8 Å². The lowest BCUT2D eigenvalue weighted by Crippen LogP contribution is -2.37. The number of ether oxygens (including phenoxy) is 2. The molecule has 1 aromatic heterocycles. The molecule has 8 aromatic rings. The molecule has 1 atom stereocenters. The predicted octanol–water partition coefficient (Wildman–Crippen LogP) is 11.5. The standard InChI is InChI=1S/C48H32N2O2/c1-2-13-33(14-3-1)50-42-21-7-4-15-35(42)36-17-12-16-34(47(36)50)31-25-27-45-40(29-31)48(37-18-5-8-22-43(37)51-45)38-19-6-9-23-44(38)52-46-30-32(24-26-39(46)48)41-20-10-11-28-49-41/h1-27,29-30,49H,28H2. The molecule has 0 aliphatic carbocycles. The first-order valence-electron chi connectivity index (χ1n) is 17.8. The Morgan fingerprint density at radius 1 is 0.519 bits per heavy atom. The van der Waals surface area contributed by atoms with E-state index in [9.17, 15) is 0 Å². The Kier molecular flexibility index (Phi) is 6.20. The molecule has 0 saturated carbocycles. The van der Waals surface area contributed by atoms with Gasteiger partial charge in [0.05, 0.1) is 16.4 Å². The van der Waals surface area contributed by atoms with E-state index < -0.39 is 5.41 Å². The Morgan fingerprint density at radius 3 is 2.00 bits per heavy atom. The van der Waals surface area contributed by atoms with Crippen molar-refractivity contribution in [3.63, 3.8) is 0 Å². The zero-order valence-electron chi connectivity index (χ0n) is 28.2. The van der Waals surface area contributed by atoms with E-state index >= 15 is 0 Å². The van der Waals surface area contributed by atoms with Crippen LogP contribution >= 0.6 is 0 Å². The molecule has 52 heavy (non-hydrogen) atoms. The fourth-order valence-corrected chi connectivity index (χ4v) is 8.76. The Morgan fingerprint density at radius 2 is 1.19 bits per heavy atom. The highest BCUT2D eigenvalue weighted by molar-refractivity contribution is 6.13. The summed E-state index contributed by atoms with van der Waals surface area (Å²) >= 11 is 0. The minimum absolute atomic E-state index is 0.697. The predicted molar refractivity (Wildman–Crippen MR) is 210 cm³/mol. The first kappa shape index (κ1) is 29.0. The van der Waals surface area contributed by atoms with Gasteiger partial charge in [-0.25, -0.2) is 0 Å². The molecule has 4 heteroatoms. The smallest absolute Gasteiger partial charge is 0.132 e. The normalized spacial score (nSPS) is 16.6. The molecule has 1 spiro atoms. The molecule has 0 amide bonds. The zero-order chi connectivity index (χ0) is 34.2. The van der Waals surface area contributed by atoms with Crippen LogP contribution in [0.25, 0.3) is 44.3 Å². The van der Waals surface area contributed by atoms with Crippen LogP contribution in [0.4, 0.5) is 0 Å². The fourth-order valence-electron chi connectivity index (χ4n) is 8.76. The van der Waals surface area contributed by atoms with Gasteiger partial charge < -0.3 is 19.4 Å². The highest BCUT2D eigenvalue weighted by Gasteiger charge is 2.50. The summed E-state index contributed by atoms with van der Waals surface area (Å²) in [6, 6.07) is 56.4. The van der Waals surface area contributed by atoms with Crippen LogP contribution in [-0.4, -0.2) is 11.1 Å². The van der Waals surface area contributed by atoms with Crippen LogP contribution in [0.2, 0.25) is 0 Å². The SMILES string of the molecule is C1=CCNC(c2ccc3c(c2)Oc2ccccc2C32c3ccccc3Oc3ccc(-c4cccc5c6ccccc6n(-c6ccccc6)c45)cc32)=C1. The molecule has 0 fully saturated rings. The van der Waals surface area contributed by atoms with Crippen LogP contribution in [0.3, 0.4) is 0 Å². The van der Waals surface area contributed by atoms with Gasteiger partial charge in [0.2, 0.25) is 0 Å². The first-order chi connectivity index (χ1) is 25.8. The highest BCUT2D eigenvalue weighted by atomic mass is 16.5. The molecule has 4 heterocycles. The minimum Gasteiger partial charge on any atom is -0.457 e. The third-order valence-electron chi connectivity index (χ3n) is 10.9. The monoisotopic (exact) mass is 668 g/mol. The highest BCUT2D eigenvalue weighted by Crippen LogP contribution is 2.62. The van der Waals surface area contributed by atoms with Crippen molar-refractivity contribution in [2.75, 3.05) is 6.54 Å². The quantitative estimate of drug-likeness (QED) is 0.204. The van der Waals surface area contributed by atoms with Gasteiger partial charge in [0.15, 0.2) is 0 Å². The summed E-state index contributed by atoms with van der Waals surface area (Å²) < 4.78 is 16.0. The van der Waals surface area contributed by atoms with Crippen LogP contribution in [-0.2, 0) is 5.41 Å². The summed E-state index contributed by atoms with van der Waals surface area (Å²) in [6.07, 6.45) is 6.35. The lowest BCUT2D eigenvalue weighted by molar-refractivity contribution is 0.399. The van der Waals surface area contributed by atoms with Gasteiger partial charge in [0.25, 0.3) is 0 Å². The molecule has 1 unspecified atom stereocenters. The Balaban J connectivity index is 1.22. The fraction of sp³-hybridized carbons (Fsp3) is 0.0417. The molecule has 4 nitrogen and oxygen atoms in total. The number of fused-ring (bicyclic) bond motifs is 11. The van der Waals surface area contributed by atoms with Gasteiger partial charge in [0.1, 0.15) is 23.0 Å². The Hall–Kier alpha value is -6.78. The van der Waals surface area contributed by atoms with Gasteiger partial charge >= 0.3 is 0 Å². The molecule has 1 N–H and O–H groups in total. The lowest BCUT2D eigenvalue weighted by Gasteiger charge is -2.45. The first-order valence-corrected chi connectivity index (χ1v) is 17.8. The lowest BCUT2D eigenvalue weighted by atomic mass is 9.62.